The maximum Gasteiger partial charge on any atom is 0.238 e. The van der Waals surface area contributed by atoms with Crippen LogP contribution < -0.4 is 16.4 Å². The Morgan fingerprint density at radius 3 is 2.72 bits per heavy atom. The summed E-state index contributed by atoms with van der Waals surface area (Å²) >= 11 is 1.48. The van der Waals surface area contributed by atoms with Crippen LogP contribution >= 0.6 is 11.8 Å². The van der Waals surface area contributed by atoms with Crippen LogP contribution in [0.25, 0.3) is 0 Å². The lowest BCUT2D eigenvalue weighted by Crippen LogP contribution is -2.54. The Morgan fingerprint density at radius 1 is 1.24 bits per heavy atom. The molecule has 4 rings (SSSR count). The monoisotopic (exact) mass is 359 g/mol. The maximum atomic E-state index is 12.6. The number of anilines is 1. The first-order valence-electron chi connectivity index (χ1n) is 9.21. The zero-order valence-electron chi connectivity index (χ0n) is 14.2. The third kappa shape index (κ3) is 3.55. The normalized spacial score (nSPS) is 34.0. The van der Waals surface area contributed by atoms with Gasteiger partial charge in [-0.2, -0.15) is 0 Å². The first kappa shape index (κ1) is 16.9. The van der Waals surface area contributed by atoms with Gasteiger partial charge in [0.25, 0.3) is 0 Å². The van der Waals surface area contributed by atoms with Crippen molar-refractivity contribution in [1.82, 2.24) is 5.32 Å². The number of fused-ring (bicyclic) bond motifs is 3. The Kier molecular flexibility index (Phi) is 4.73. The number of hydrogen-bond donors (Lipinski definition) is 3. The Hall–Kier alpha value is -1.53. The molecule has 1 heterocycles. The van der Waals surface area contributed by atoms with Crippen molar-refractivity contribution in [3.63, 3.8) is 0 Å². The van der Waals surface area contributed by atoms with Gasteiger partial charge in [-0.15, -0.1) is 11.8 Å². The van der Waals surface area contributed by atoms with Crippen LogP contribution in [0, 0.1) is 11.8 Å². The van der Waals surface area contributed by atoms with Gasteiger partial charge in [-0.05, 0) is 49.7 Å². The number of benzene rings is 1. The summed E-state index contributed by atoms with van der Waals surface area (Å²) in [6.45, 7) is 0. The first-order valence-corrected chi connectivity index (χ1v) is 10.1. The number of nitrogens with two attached hydrogens (primary N) is 1. The average molecular weight is 359 g/mol. The molecule has 1 aromatic rings. The lowest BCUT2D eigenvalue weighted by Gasteiger charge is -2.45. The minimum absolute atomic E-state index is 0.00981. The van der Waals surface area contributed by atoms with Crippen LogP contribution in [-0.4, -0.2) is 29.1 Å². The van der Waals surface area contributed by atoms with E-state index in [0.717, 1.165) is 36.3 Å². The Labute approximate surface area is 152 Å². The molecule has 0 aromatic heterocycles. The second-order valence-corrected chi connectivity index (χ2v) is 8.82. The molecule has 2 fully saturated rings. The molecule has 4 N–H and O–H groups in total. The second-order valence-electron chi connectivity index (χ2n) is 7.57. The molecule has 1 aromatic carbocycles. The fourth-order valence-corrected chi connectivity index (χ4v) is 5.78. The number of carbonyl (C=O) groups is 2. The highest BCUT2D eigenvalue weighted by Crippen LogP contribution is 2.40. The van der Waals surface area contributed by atoms with Gasteiger partial charge in [-0.1, -0.05) is 18.6 Å². The molecule has 2 saturated carbocycles. The first-order chi connectivity index (χ1) is 12.1. The lowest BCUT2D eigenvalue weighted by atomic mass is 9.67. The third-order valence-corrected chi connectivity index (χ3v) is 7.06. The van der Waals surface area contributed by atoms with Crippen molar-refractivity contribution in [2.45, 2.75) is 60.8 Å². The van der Waals surface area contributed by atoms with Gasteiger partial charge in [0, 0.05) is 23.4 Å². The maximum absolute atomic E-state index is 12.6. The van der Waals surface area contributed by atoms with Crippen LogP contribution in [0.4, 0.5) is 5.69 Å². The molecule has 2 bridgehead atoms. The standard InChI is InChI=1S/C19H25N3O2S/c20-13-8-11-4-3-5-12(9-13)18(11)22-17(23)10-16-19(24)21-14-6-1-2-7-15(14)25-16/h1-2,6-7,11-13,16,18H,3-5,8-10,20H2,(H,21,24)(H,22,23). The number of para-hydroxylation sites is 1. The number of carbonyl (C=O) groups excluding carboxylic acids is 2. The summed E-state index contributed by atoms with van der Waals surface area (Å²) in [6.07, 6.45) is 5.79. The van der Waals surface area contributed by atoms with Gasteiger partial charge in [0.05, 0.1) is 10.9 Å². The largest absolute Gasteiger partial charge is 0.353 e. The minimum atomic E-state index is -0.361. The van der Waals surface area contributed by atoms with E-state index in [1.807, 2.05) is 24.3 Å². The molecule has 3 atom stereocenters. The van der Waals surface area contributed by atoms with E-state index in [-0.39, 0.29) is 35.6 Å². The highest BCUT2D eigenvalue weighted by Gasteiger charge is 2.40. The summed E-state index contributed by atoms with van der Waals surface area (Å²) < 4.78 is 0. The molecular weight excluding hydrogens is 334 g/mol. The van der Waals surface area contributed by atoms with E-state index >= 15 is 0 Å². The van der Waals surface area contributed by atoms with Gasteiger partial charge in [-0.25, -0.2) is 0 Å². The Balaban J connectivity index is 1.39. The SMILES string of the molecule is NC1CC2CCCC(C1)C2NC(=O)CC1Sc2ccccc2NC1=O. The zero-order valence-corrected chi connectivity index (χ0v) is 15.1. The number of rotatable bonds is 3. The minimum Gasteiger partial charge on any atom is -0.353 e. The molecule has 0 saturated heterocycles. The highest BCUT2D eigenvalue weighted by molar-refractivity contribution is 8.01. The molecule has 6 heteroatoms. The average Bonchev–Trinajstić information content (AvgIpc) is 2.56. The van der Waals surface area contributed by atoms with Gasteiger partial charge >= 0.3 is 0 Å². The smallest absolute Gasteiger partial charge is 0.238 e. The van der Waals surface area contributed by atoms with E-state index < -0.39 is 0 Å². The number of nitrogens with one attached hydrogen (secondary N) is 2. The van der Waals surface area contributed by atoms with Gasteiger partial charge < -0.3 is 16.4 Å². The Morgan fingerprint density at radius 2 is 1.96 bits per heavy atom. The van der Waals surface area contributed by atoms with Crippen molar-refractivity contribution in [3.05, 3.63) is 24.3 Å². The van der Waals surface area contributed by atoms with Crippen LogP contribution in [-0.2, 0) is 9.59 Å². The van der Waals surface area contributed by atoms with Crippen molar-refractivity contribution in [1.29, 1.82) is 0 Å². The van der Waals surface area contributed by atoms with E-state index in [1.165, 1.54) is 18.2 Å². The molecule has 5 nitrogen and oxygen atoms in total. The summed E-state index contributed by atoms with van der Waals surface area (Å²) in [4.78, 5) is 25.9. The molecule has 1 aliphatic heterocycles. The predicted molar refractivity (Wildman–Crippen MR) is 99.3 cm³/mol. The van der Waals surface area contributed by atoms with Crippen LogP contribution in [0.5, 0.6) is 0 Å². The molecule has 3 unspecified atom stereocenters. The van der Waals surface area contributed by atoms with Crippen LogP contribution in [0.1, 0.15) is 38.5 Å². The quantitative estimate of drug-likeness (QED) is 0.774. The van der Waals surface area contributed by atoms with E-state index in [1.54, 1.807) is 0 Å². The molecular formula is C19H25N3O2S. The number of amides is 2. The van der Waals surface area contributed by atoms with Crippen LogP contribution in [0.15, 0.2) is 29.2 Å². The fourth-order valence-electron chi connectivity index (χ4n) is 4.67. The highest BCUT2D eigenvalue weighted by atomic mass is 32.2. The molecule has 25 heavy (non-hydrogen) atoms. The summed E-state index contributed by atoms with van der Waals surface area (Å²) in [5.41, 5.74) is 7.00. The summed E-state index contributed by atoms with van der Waals surface area (Å²) in [5.74, 6) is 0.911. The number of hydrogen-bond acceptors (Lipinski definition) is 4. The predicted octanol–water partition coefficient (Wildman–Crippen LogP) is 2.51. The molecule has 2 aliphatic carbocycles. The van der Waals surface area contributed by atoms with E-state index in [9.17, 15) is 9.59 Å². The van der Waals surface area contributed by atoms with Crippen molar-refractivity contribution in [3.8, 4) is 0 Å². The van der Waals surface area contributed by atoms with E-state index in [4.69, 9.17) is 5.73 Å². The van der Waals surface area contributed by atoms with Crippen molar-refractivity contribution in [2.75, 3.05) is 5.32 Å². The van der Waals surface area contributed by atoms with Crippen LogP contribution in [0.3, 0.4) is 0 Å². The number of thioether (sulfide) groups is 1. The fraction of sp³-hybridized carbons (Fsp3) is 0.579. The molecule has 2 amide bonds. The van der Waals surface area contributed by atoms with Gasteiger partial charge in [0.2, 0.25) is 11.8 Å². The Bertz CT molecular complexity index is 666. The van der Waals surface area contributed by atoms with Gasteiger partial charge in [-0.3, -0.25) is 9.59 Å². The summed E-state index contributed by atoms with van der Waals surface area (Å²) in [5, 5.41) is 5.79. The molecule has 3 aliphatic rings. The van der Waals surface area contributed by atoms with Gasteiger partial charge in [0.1, 0.15) is 0 Å². The molecule has 134 valence electrons. The second kappa shape index (κ2) is 7.00. The molecule has 0 spiro atoms. The summed E-state index contributed by atoms with van der Waals surface area (Å²) in [7, 11) is 0. The third-order valence-electron chi connectivity index (χ3n) is 5.78. The van der Waals surface area contributed by atoms with E-state index in [2.05, 4.69) is 10.6 Å². The van der Waals surface area contributed by atoms with E-state index in [0.29, 0.717) is 11.8 Å². The lowest BCUT2D eigenvalue weighted by molar-refractivity contribution is -0.125. The topological polar surface area (TPSA) is 84.2 Å². The van der Waals surface area contributed by atoms with Crippen molar-refractivity contribution >= 4 is 29.3 Å². The zero-order chi connectivity index (χ0) is 17.4. The van der Waals surface area contributed by atoms with Crippen molar-refractivity contribution in [2.24, 2.45) is 17.6 Å². The summed E-state index contributed by atoms with van der Waals surface area (Å²) in [6, 6.07) is 8.25. The molecule has 0 radical (unpaired) electrons. The van der Waals surface area contributed by atoms with Crippen LogP contribution in [0.2, 0.25) is 0 Å². The van der Waals surface area contributed by atoms with Crippen molar-refractivity contribution < 1.29 is 9.59 Å². The van der Waals surface area contributed by atoms with Gasteiger partial charge in [0.15, 0.2) is 0 Å².